The molecule has 2 aromatic heterocycles. The minimum absolute atomic E-state index is 0.0110. The first-order valence-corrected chi connectivity index (χ1v) is 13.4. The maximum absolute atomic E-state index is 13.0. The molecule has 2 fully saturated rings. The minimum atomic E-state index is -0.0152. The number of furan rings is 1. The summed E-state index contributed by atoms with van der Waals surface area (Å²) in [4.78, 5) is 30.0. The van der Waals surface area contributed by atoms with E-state index >= 15 is 0 Å². The summed E-state index contributed by atoms with van der Waals surface area (Å²) in [6.07, 6.45) is 10.5. The summed E-state index contributed by atoms with van der Waals surface area (Å²) in [7, 11) is 0. The SMILES string of the molecule is Cc1c(C(=O)N2CCCC2)oc2c1-c1nn(CC(=O)NCCCN3C(C)CCCC3C)cc1CC2. The quantitative estimate of drug-likeness (QED) is 0.612. The van der Waals surface area contributed by atoms with Gasteiger partial charge in [-0.2, -0.15) is 5.10 Å². The molecule has 0 aromatic carbocycles. The van der Waals surface area contributed by atoms with Crippen LogP contribution in [0, 0.1) is 6.92 Å². The van der Waals surface area contributed by atoms with Gasteiger partial charge in [-0.25, -0.2) is 0 Å². The molecule has 2 unspecified atom stereocenters. The molecule has 35 heavy (non-hydrogen) atoms. The van der Waals surface area contributed by atoms with Crippen molar-refractivity contribution >= 4 is 11.8 Å². The molecule has 8 heteroatoms. The van der Waals surface area contributed by atoms with Gasteiger partial charge in [0.25, 0.3) is 5.91 Å². The summed E-state index contributed by atoms with van der Waals surface area (Å²) in [5.41, 5.74) is 3.78. The van der Waals surface area contributed by atoms with Crippen LogP contribution in [-0.2, 0) is 24.2 Å². The highest BCUT2D eigenvalue weighted by Crippen LogP contribution is 2.38. The van der Waals surface area contributed by atoms with Crippen LogP contribution in [0.25, 0.3) is 11.3 Å². The molecule has 2 aliphatic heterocycles. The fraction of sp³-hybridized carbons (Fsp3) is 0.667. The van der Waals surface area contributed by atoms with E-state index in [4.69, 9.17) is 9.52 Å². The van der Waals surface area contributed by atoms with E-state index in [1.165, 1.54) is 19.3 Å². The lowest BCUT2D eigenvalue weighted by molar-refractivity contribution is -0.121. The zero-order valence-electron chi connectivity index (χ0n) is 21.4. The number of nitrogens with one attached hydrogen (secondary N) is 1. The van der Waals surface area contributed by atoms with Crippen molar-refractivity contribution in [2.45, 2.75) is 90.8 Å². The van der Waals surface area contributed by atoms with E-state index in [1.54, 1.807) is 4.68 Å². The molecule has 1 N–H and O–H groups in total. The predicted octanol–water partition coefficient (Wildman–Crippen LogP) is 3.56. The Bertz CT molecular complexity index is 1070. The van der Waals surface area contributed by atoms with Gasteiger partial charge in [0.2, 0.25) is 5.91 Å². The Balaban J connectivity index is 1.19. The van der Waals surface area contributed by atoms with E-state index in [2.05, 4.69) is 24.1 Å². The Hall–Kier alpha value is -2.61. The number of nitrogens with zero attached hydrogens (tertiary/aromatic N) is 4. The smallest absolute Gasteiger partial charge is 0.289 e. The van der Waals surface area contributed by atoms with Gasteiger partial charge >= 0.3 is 0 Å². The number of fused-ring (bicyclic) bond motifs is 3. The van der Waals surface area contributed by atoms with Crippen LogP contribution in [0.1, 0.15) is 79.8 Å². The van der Waals surface area contributed by atoms with Crippen molar-refractivity contribution in [3.8, 4) is 11.3 Å². The van der Waals surface area contributed by atoms with Gasteiger partial charge in [-0.3, -0.25) is 19.2 Å². The lowest BCUT2D eigenvalue weighted by Gasteiger charge is -2.39. The first kappa shape index (κ1) is 24.1. The van der Waals surface area contributed by atoms with Crippen LogP contribution in [-0.4, -0.2) is 69.7 Å². The summed E-state index contributed by atoms with van der Waals surface area (Å²) in [6, 6.07) is 1.26. The zero-order valence-corrected chi connectivity index (χ0v) is 21.4. The molecule has 8 nitrogen and oxygen atoms in total. The molecule has 3 aliphatic rings. The number of carbonyl (C=O) groups is 2. The van der Waals surface area contributed by atoms with Gasteiger partial charge in [-0.15, -0.1) is 0 Å². The van der Waals surface area contributed by atoms with Gasteiger partial charge in [0.05, 0.1) is 5.69 Å². The van der Waals surface area contributed by atoms with Gasteiger partial charge in [0.1, 0.15) is 12.3 Å². The second-order valence-electron chi connectivity index (χ2n) is 10.6. The minimum Gasteiger partial charge on any atom is -0.455 e. The highest BCUT2D eigenvalue weighted by molar-refractivity contribution is 5.95. The van der Waals surface area contributed by atoms with Gasteiger partial charge < -0.3 is 14.6 Å². The van der Waals surface area contributed by atoms with Crippen molar-refractivity contribution in [2.24, 2.45) is 0 Å². The molecule has 0 radical (unpaired) electrons. The Kier molecular flexibility index (Phi) is 7.00. The number of rotatable bonds is 7. The number of aryl methyl sites for hydroxylation is 2. The average Bonchev–Trinajstić information content (AvgIpc) is 3.56. The molecule has 4 heterocycles. The van der Waals surface area contributed by atoms with Crippen molar-refractivity contribution < 1.29 is 14.0 Å². The third kappa shape index (κ3) is 4.90. The standard InChI is InChI=1S/C27H39N5O3/c1-18-8-6-9-19(2)32(18)15-7-12-28-23(33)17-31-16-21-10-11-22-24(25(21)29-31)20(3)26(35-22)27(34)30-13-4-5-14-30/h16,18-19H,4-15,17H2,1-3H3,(H,28,33). The third-order valence-electron chi connectivity index (χ3n) is 8.10. The van der Waals surface area contributed by atoms with Crippen molar-refractivity contribution in [3.63, 3.8) is 0 Å². The van der Waals surface area contributed by atoms with Crippen molar-refractivity contribution in [1.82, 2.24) is 24.9 Å². The number of carbonyl (C=O) groups excluding carboxylic acids is 2. The van der Waals surface area contributed by atoms with Crippen LogP contribution in [0.4, 0.5) is 0 Å². The second kappa shape index (κ2) is 10.2. The normalized spacial score (nSPS) is 22.2. The summed E-state index contributed by atoms with van der Waals surface area (Å²) in [5.74, 6) is 1.27. The fourth-order valence-electron chi connectivity index (χ4n) is 6.12. The van der Waals surface area contributed by atoms with Gasteiger partial charge in [-0.05, 0) is 64.9 Å². The lowest BCUT2D eigenvalue weighted by Crippen LogP contribution is -2.44. The van der Waals surface area contributed by atoms with Gasteiger partial charge in [0, 0.05) is 62.0 Å². The van der Waals surface area contributed by atoms with E-state index < -0.39 is 0 Å². The summed E-state index contributed by atoms with van der Waals surface area (Å²) in [5, 5.41) is 7.81. The third-order valence-corrected chi connectivity index (χ3v) is 8.10. The molecule has 0 spiro atoms. The van der Waals surface area contributed by atoms with Gasteiger partial charge in [0.15, 0.2) is 5.76 Å². The maximum Gasteiger partial charge on any atom is 0.289 e. The zero-order chi connectivity index (χ0) is 24.5. The van der Waals surface area contributed by atoms with E-state index in [0.29, 0.717) is 24.4 Å². The Morgan fingerprint density at radius 1 is 1.11 bits per heavy atom. The molecule has 2 amide bonds. The Morgan fingerprint density at radius 3 is 2.60 bits per heavy atom. The Labute approximate surface area is 208 Å². The highest BCUT2D eigenvalue weighted by atomic mass is 16.4. The van der Waals surface area contributed by atoms with Crippen molar-refractivity contribution in [3.05, 3.63) is 28.8 Å². The average molecular weight is 482 g/mol. The van der Waals surface area contributed by atoms with Crippen molar-refractivity contribution in [2.75, 3.05) is 26.2 Å². The molecule has 5 rings (SSSR count). The number of hydrogen-bond donors (Lipinski definition) is 1. The fourth-order valence-corrected chi connectivity index (χ4v) is 6.12. The van der Waals surface area contributed by atoms with Crippen molar-refractivity contribution in [1.29, 1.82) is 0 Å². The monoisotopic (exact) mass is 481 g/mol. The van der Waals surface area contributed by atoms with E-state index in [1.807, 2.05) is 18.0 Å². The highest BCUT2D eigenvalue weighted by Gasteiger charge is 2.32. The van der Waals surface area contributed by atoms with Crippen LogP contribution < -0.4 is 5.32 Å². The number of likely N-dealkylation sites (tertiary alicyclic amines) is 2. The largest absolute Gasteiger partial charge is 0.455 e. The number of hydrogen-bond acceptors (Lipinski definition) is 5. The molecule has 0 saturated carbocycles. The molecule has 190 valence electrons. The first-order valence-electron chi connectivity index (χ1n) is 13.4. The summed E-state index contributed by atoms with van der Waals surface area (Å²) >= 11 is 0. The number of amides is 2. The van der Waals surface area contributed by atoms with Crippen LogP contribution in [0.5, 0.6) is 0 Å². The number of piperidine rings is 1. The van der Waals surface area contributed by atoms with Crippen LogP contribution in [0.15, 0.2) is 10.6 Å². The summed E-state index contributed by atoms with van der Waals surface area (Å²) in [6.45, 7) is 10.1. The molecule has 2 aromatic rings. The molecular weight excluding hydrogens is 442 g/mol. The molecule has 2 atom stereocenters. The molecule has 2 saturated heterocycles. The van der Waals surface area contributed by atoms with Gasteiger partial charge in [-0.1, -0.05) is 6.42 Å². The van der Waals surface area contributed by atoms with Crippen LogP contribution in [0.3, 0.4) is 0 Å². The van der Waals surface area contributed by atoms with E-state index in [9.17, 15) is 9.59 Å². The predicted molar refractivity (Wildman–Crippen MR) is 134 cm³/mol. The van der Waals surface area contributed by atoms with E-state index in [0.717, 1.165) is 79.9 Å². The molecule has 1 aliphatic carbocycles. The van der Waals surface area contributed by atoms with Crippen LogP contribution >= 0.6 is 0 Å². The maximum atomic E-state index is 13.0. The lowest BCUT2D eigenvalue weighted by atomic mass is 9.93. The van der Waals surface area contributed by atoms with Crippen LogP contribution in [0.2, 0.25) is 0 Å². The topological polar surface area (TPSA) is 83.6 Å². The molecular formula is C27H39N5O3. The Morgan fingerprint density at radius 2 is 1.86 bits per heavy atom. The summed E-state index contributed by atoms with van der Waals surface area (Å²) < 4.78 is 7.80. The second-order valence-corrected chi connectivity index (χ2v) is 10.6. The number of aromatic nitrogens is 2. The van der Waals surface area contributed by atoms with E-state index in [-0.39, 0.29) is 18.4 Å². The first-order chi connectivity index (χ1) is 16.9. The molecule has 0 bridgehead atoms.